The van der Waals surface area contributed by atoms with Crippen LogP contribution in [0.2, 0.25) is 5.02 Å². The SMILES string of the molecule is CCN(Cc1nc2cc(Cl)ccc2c(=O)[nH]1)C(=O)CCNc1ccccc1. The van der Waals surface area contributed by atoms with E-state index in [0.29, 0.717) is 41.3 Å². The summed E-state index contributed by atoms with van der Waals surface area (Å²) in [5.74, 6) is 0.441. The molecule has 0 atom stereocenters. The second-order valence-electron chi connectivity index (χ2n) is 6.12. The van der Waals surface area contributed by atoms with Gasteiger partial charge in [0.15, 0.2) is 0 Å². The van der Waals surface area contributed by atoms with E-state index >= 15 is 0 Å². The van der Waals surface area contributed by atoms with Gasteiger partial charge in [0.2, 0.25) is 5.91 Å². The molecule has 3 aromatic rings. The van der Waals surface area contributed by atoms with E-state index in [9.17, 15) is 9.59 Å². The van der Waals surface area contributed by atoms with Crippen molar-refractivity contribution in [3.8, 4) is 0 Å². The van der Waals surface area contributed by atoms with Crippen LogP contribution in [0.15, 0.2) is 53.3 Å². The standard InChI is InChI=1S/C20H21ClN4O2/c1-2-25(19(26)10-11-22-15-6-4-3-5-7-15)13-18-23-17-12-14(21)8-9-16(17)20(27)24-18/h3-9,12,22H,2,10-11,13H2,1H3,(H,23,24,27). The quantitative estimate of drug-likeness (QED) is 0.654. The molecule has 7 heteroatoms. The number of aromatic nitrogens is 2. The van der Waals surface area contributed by atoms with Crippen LogP contribution in [0.3, 0.4) is 0 Å². The molecule has 1 aromatic heterocycles. The van der Waals surface area contributed by atoms with Crippen LogP contribution in [0.25, 0.3) is 10.9 Å². The lowest BCUT2D eigenvalue weighted by molar-refractivity contribution is -0.131. The minimum absolute atomic E-state index is 0.00484. The van der Waals surface area contributed by atoms with Gasteiger partial charge in [-0.1, -0.05) is 29.8 Å². The molecule has 0 saturated heterocycles. The molecule has 0 spiro atoms. The molecule has 0 saturated carbocycles. The van der Waals surface area contributed by atoms with E-state index in [1.54, 1.807) is 23.1 Å². The molecule has 27 heavy (non-hydrogen) atoms. The van der Waals surface area contributed by atoms with Gasteiger partial charge in [0.25, 0.3) is 5.56 Å². The summed E-state index contributed by atoms with van der Waals surface area (Å²) in [5.41, 5.74) is 1.27. The van der Waals surface area contributed by atoms with Gasteiger partial charge in [0, 0.05) is 30.2 Å². The summed E-state index contributed by atoms with van der Waals surface area (Å²) in [4.78, 5) is 33.6. The zero-order valence-electron chi connectivity index (χ0n) is 15.0. The number of aromatic amines is 1. The predicted molar refractivity (Wildman–Crippen MR) is 108 cm³/mol. The van der Waals surface area contributed by atoms with Gasteiger partial charge in [0.1, 0.15) is 5.82 Å². The van der Waals surface area contributed by atoms with Crippen LogP contribution in [-0.2, 0) is 11.3 Å². The maximum atomic E-state index is 12.5. The fourth-order valence-corrected chi connectivity index (χ4v) is 2.99. The van der Waals surface area contributed by atoms with Crippen LogP contribution >= 0.6 is 11.6 Å². The molecule has 0 unspecified atom stereocenters. The van der Waals surface area contributed by atoms with Crippen LogP contribution in [0.1, 0.15) is 19.2 Å². The van der Waals surface area contributed by atoms with Crippen LogP contribution in [0, 0.1) is 0 Å². The van der Waals surface area contributed by atoms with E-state index in [1.165, 1.54) is 0 Å². The molecule has 0 aliphatic carbocycles. The Labute approximate surface area is 162 Å². The molecule has 0 fully saturated rings. The number of halogens is 1. The summed E-state index contributed by atoms with van der Waals surface area (Å²) < 4.78 is 0. The van der Waals surface area contributed by atoms with Crippen molar-refractivity contribution in [3.05, 3.63) is 69.7 Å². The number of carbonyl (C=O) groups excluding carboxylic acids is 1. The topological polar surface area (TPSA) is 78.1 Å². The van der Waals surface area contributed by atoms with Gasteiger partial charge in [-0.2, -0.15) is 0 Å². The predicted octanol–water partition coefficient (Wildman–Crippen LogP) is 3.43. The molecule has 3 rings (SSSR count). The lowest BCUT2D eigenvalue weighted by Gasteiger charge is -2.20. The van der Waals surface area contributed by atoms with Crippen LogP contribution < -0.4 is 10.9 Å². The third-order valence-electron chi connectivity index (χ3n) is 4.23. The van der Waals surface area contributed by atoms with Crippen molar-refractivity contribution in [2.75, 3.05) is 18.4 Å². The first-order chi connectivity index (χ1) is 13.1. The molecule has 1 heterocycles. The number of rotatable bonds is 7. The highest BCUT2D eigenvalue weighted by Gasteiger charge is 2.14. The number of fused-ring (bicyclic) bond motifs is 1. The number of amides is 1. The van der Waals surface area contributed by atoms with Gasteiger partial charge in [-0.15, -0.1) is 0 Å². The van der Waals surface area contributed by atoms with Gasteiger partial charge in [0.05, 0.1) is 17.4 Å². The molecule has 140 valence electrons. The minimum Gasteiger partial charge on any atom is -0.385 e. The Kier molecular flexibility index (Phi) is 6.08. The molecular formula is C20H21ClN4O2. The summed E-state index contributed by atoms with van der Waals surface area (Å²) in [5, 5.41) is 4.21. The fourth-order valence-electron chi connectivity index (χ4n) is 2.82. The van der Waals surface area contributed by atoms with E-state index in [2.05, 4.69) is 15.3 Å². The van der Waals surface area contributed by atoms with Gasteiger partial charge < -0.3 is 15.2 Å². The number of nitrogens with zero attached hydrogens (tertiary/aromatic N) is 2. The lowest BCUT2D eigenvalue weighted by Crippen LogP contribution is -2.33. The van der Waals surface area contributed by atoms with Crippen molar-refractivity contribution in [1.82, 2.24) is 14.9 Å². The fraction of sp³-hybridized carbons (Fsp3) is 0.250. The number of hydrogen-bond donors (Lipinski definition) is 2. The molecular weight excluding hydrogens is 364 g/mol. The average Bonchev–Trinajstić information content (AvgIpc) is 2.66. The van der Waals surface area contributed by atoms with E-state index in [-0.39, 0.29) is 18.0 Å². The highest BCUT2D eigenvalue weighted by Crippen LogP contribution is 2.15. The first-order valence-electron chi connectivity index (χ1n) is 8.82. The highest BCUT2D eigenvalue weighted by atomic mass is 35.5. The number of benzene rings is 2. The van der Waals surface area contributed by atoms with Crippen LogP contribution in [0.5, 0.6) is 0 Å². The van der Waals surface area contributed by atoms with Crippen LogP contribution in [-0.4, -0.2) is 33.9 Å². The normalized spacial score (nSPS) is 10.7. The van der Waals surface area contributed by atoms with Gasteiger partial charge >= 0.3 is 0 Å². The molecule has 6 nitrogen and oxygen atoms in total. The van der Waals surface area contributed by atoms with Gasteiger partial charge in [-0.25, -0.2) is 4.98 Å². The maximum absolute atomic E-state index is 12.5. The van der Waals surface area contributed by atoms with Crippen molar-refractivity contribution in [2.45, 2.75) is 19.9 Å². The number of nitrogens with one attached hydrogen (secondary N) is 2. The highest BCUT2D eigenvalue weighted by molar-refractivity contribution is 6.31. The zero-order valence-corrected chi connectivity index (χ0v) is 15.8. The van der Waals surface area contributed by atoms with Gasteiger partial charge in [-0.05, 0) is 37.3 Å². The molecule has 2 N–H and O–H groups in total. The third kappa shape index (κ3) is 4.86. The number of anilines is 1. The molecule has 1 amide bonds. The van der Waals surface area contributed by atoms with Crippen LogP contribution in [0.4, 0.5) is 5.69 Å². The molecule has 0 aliphatic rings. The number of H-pyrrole nitrogens is 1. The van der Waals surface area contributed by atoms with Crippen molar-refractivity contribution < 1.29 is 4.79 Å². The maximum Gasteiger partial charge on any atom is 0.258 e. The lowest BCUT2D eigenvalue weighted by atomic mass is 10.2. The Bertz CT molecular complexity index is 988. The monoisotopic (exact) mass is 384 g/mol. The van der Waals surface area contributed by atoms with E-state index < -0.39 is 0 Å². The smallest absolute Gasteiger partial charge is 0.258 e. The Morgan fingerprint density at radius 1 is 1.22 bits per heavy atom. The molecule has 0 radical (unpaired) electrons. The average molecular weight is 385 g/mol. The van der Waals surface area contributed by atoms with Crippen molar-refractivity contribution >= 4 is 34.1 Å². The Balaban J connectivity index is 1.66. The molecule has 2 aromatic carbocycles. The number of carbonyl (C=O) groups is 1. The van der Waals surface area contributed by atoms with E-state index in [0.717, 1.165) is 5.69 Å². The zero-order chi connectivity index (χ0) is 19.2. The minimum atomic E-state index is -0.235. The Hall–Kier alpha value is -2.86. The third-order valence-corrected chi connectivity index (χ3v) is 4.47. The molecule has 0 bridgehead atoms. The van der Waals surface area contributed by atoms with Gasteiger partial charge in [-0.3, -0.25) is 9.59 Å². The Morgan fingerprint density at radius 3 is 2.74 bits per heavy atom. The van der Waals surface area contributed by atoms with Crippen molar-refractivity contribution in [2.24, 2.45) is 0 Å². The van der Waals surface area contributed by atoms with Crippen molar-refractivity contribution in [3.63, 3.8) is 0 Å². The first kappa shape index (κ1) is 18.9. The number of para-hydroxylation sites is 1. The molecule has 0 aliphatic heterocycles. The second kappa shape index (κ2) is 8.68. The summed E-state index contributed by atoms with van der Waals surface area (Å²) in [6.45, 7) is 3.22. The largest absolute Gasteiger partial charge is 0.385 e. The summed E-state index contributed by atoms with van der Waals surface area (Å²) in [6.07, 6.45) is 0.354. The Morgan fingerprint density at radius 2 is 2.00 bits per heavy atom. The van der Waals surface area contributed by atoms with E-state index in [4.69, 9.17) is 11.6 Å². The summed E-state index contributed by atoms with van der Waals surface area (Å²) >= 11 is 5.99. The summed E-state index contributed by atoms with van der Waals surface area (Å²) in [7, 11) is 0. The first-order valence-corrected chi connectivity index (χ1v) is 9.19. The van der Waals surface area contributed by atoms with E-state index in [1.807, 2.05) is 37.3 Å². The summed E-state index contributed by atoms with van der Waals surface area (Å²) in [6, 6.07) is 14.7. The van der Waals surface area contributed by atoms with Crippen molar-refractivity contribution in [1.29, 1.82) is 0 Å². The second-order valence-corrected chi connectivity index (χ2v) is 6.56. The number of hydrogen-bond acceptors (Lipinski definition) is 4.